The monoisotopic (exact) mass is 271 g/mol. The topological polar surface area (TPSA) is 62.4 Å². The molecule has 0 radical (unpaired) electrons. The van der Waals surface area contributed by atoms with E-state index in [0.717, 1.165) is 26.2 Å². The predicted octanol–water partition coefficient (Wildman–Crippen LogP) is 0.646. The Hall–Kier alpha value is -0.650. The van der Waals surface area contributed by atoms with Gasteiger partial charge >= 0.3 is 0 Å². The van der Waals surface area contributed by atoms with Crippen molar-refractivity contribution in [2.75, 3.05) is 19.8 Å². The van der Waals surface area contributed by atoms with Gasteiger partial charge in [0.1, 0.15) is 0 Å². The van der Waals surface area contributed by atoms with Crippen LogP contribution in [0.25, 0.3) is 0 Å². The first-order chi connectivity index (χ1) is 8.78. The van der Waals surface area contributed by atoms with Gasteiger partial charge in [-0.05, 0) is 41.0 Å². The van der Waals surface area contributed by atoms with Gasteiger partial charge in [-0.15, -0.1) is 0 Å². The van der Waals surface area contributed by atoms with Crippen molar-refractivity contribution in [3.05, 3.63) is 0 Å². The highest BCUT2D eigenvalue weighted by Crippen LogP contribution is 2.04. The summed E-state index contributed by atoms with van der Waals surface area (Å²) in [6.07, 6.45) is 0.965. The molecule has 1 amide bonds. The molecule has 1 heterocycles. The van der Waals surface area contributed by atoms with Gasteiger partial charge in [0.25, 0.3) is 0 Å². The Kier molecular flexibility index (Phi) is 6.23. The molecule has 1 rings (SSSR count). The zero-order valence-corrected chi connectivity index (χ0v) is 12.9. The van der Waals surface area contributed by atoms with Crippen molar-refractivity contribution in [2.24, 2.45) is 0 Å². The predicted molar refractivity (Wildman–Crippen MR) is 77.2 cm³/mol. The lowest BCUT2D eigenvalue weighted by atomic mass is 10.1. The molecule has 3 N–H and O–H groups in total. The number of carbonyl (C=O) groups excluding carboxylic acids is 1. The summed E-state index contributed by atoms with van der Waals surface area (Å²) in [4.78, 5) is 12.0. The Labute approximate surface area is 116 Å². The zero-order chi connectivity index (χ0) is 14.5. The van der Waals surface area contributed by atoms with Gasteiger partial charge in [0.05, 0.1) is 19.3 Å². The minimum Gasteiger partial charge on any atom is -0.379 e. The van der Waals surface area contributed by atoms with Crippen molar-refractivity contribution in [2.45, 2.75) is 64.7 Å². The lowest BCUT2D eigenvalue weighted by Gasteiger charge is -2.29. The van der Waals surface area contributed by atoms with Crippen LogP contribution < -0.4 is 16.0 Å². The SMILES string of the molecule is CC(CC1COCCN1)NC(C)C(=O)NC(C)(C)C. The van der Waals surface area contributed by atoms with Crippen LogP contribution in [0, 0.1) is 0 Å². The number of hydrogen-bond donors (Lipinski definition) is 3. The molecule has 0 aliphatic carbocycles. The van der Waals surface area contributed by atoms with E-state index in [4.69, 9.17) is 4.74 Å². The molecule has 5 heteroatoms. The van der Waals surface area contributed by atoms with E-state index in [1.165, 1.54) is 0 Å². The van der Waals surface area contributed by atoms with Crippen molar-refractivity contribution in [1.82, 2.24) is 16.0 Å². The van der Waals surface area contributed by atoms with Gasteiger partial charge in [-0.2, -0.15) is 0 Å². The number of nitrogens with one attached hydrogen (secondary N) is 3. The van der Waals surface area contributed by atoms with Crippen LogP contribution in [0.2, 0.25) is 0 Å². The average Bonchev–Trinajstić information content (AvgIpc) is 2.27. The molecule has 0 spiro atoms. The lowest BCUT2D eigenvalue weighted by Crippen LogP contribution is -2.52. The Balaban J connectivity index is 2.30. The highest BCUT2D eigenvalue weighted by Gasteiger charge is 2.22. The van der Waals surface area contributed by atoms with Crippen LogP contribution in [0.4, 0.5) is 0 Å². The maximum absolute atomic E-state index is 12.0. The maximum atomic E-state index is 12.0. The summed E-state index contributed by atoms with van der Waals surface area (Å²) >= 11 is 0. The third kappa shape index (κ3) is 6.89. The summed E-state index contributed by atoms with van der Waals surface area (Å²) in [6, 6.07) is 0.479. The van der Waals surface area contributed by atoms with E-state index < -0.39 is 0 Å². The molecule has 0 aromatic heterocycles. The molecule has 3 atom stereocenters. The molecule has 0 saturated carbocycles. The Morgan fingerprint density at radius 1 is 1.42 bits per heavy atom. The second kappa shape index (κ2) is 7.22. The van der Waals surface area contributed by atoms with E-state index in [9.17, 15) is 4.79 Å². The van der Waals surface area contributed by atoms with E-state index in [-0.39, 0.29) is 23.5 Å². The molecule has 1 saturated heterocycles. The van der Waals surface area contributed by atoms with E-state index >= 15 is 0 Å². The third-order valence-electron chi connectivity index (χ3n) is 3.06. The molecule has 3 unspecified atom stereocenters. The molecule has 19 heavy (non-hydrogen) atoms. The molecule has 1 fully saturated rings. The second-order valence-electron chi connectivity index (χ2n) is 6.49. The first kappa shape index (κ1) is 16.4. The number of amides is 1. The van der Waals surface area contributed by atoms with E-state index in [2.05, 4.69) is 22.9 Å². The van der Waals surface area contributed by atoms with Crippen LogP contribution >= 0.6 is 0 Å². The van der Waals surface area contributed by atoms with Gasteiger partial charge in [-0.1, -0.05) is 0 Å². The van der Waals surface area contributed by atoms with Crippen molar-refractivity contribution >= 4 is 5.91 Å². The standard InChI is InChI=1S/C14H29N3O2/c1-10(8-12-9-19-7-6-15-12)16-11(2)13(18)17-14(3,4)5/h10-12,15-16H,6-9H2,1-5H3,(H,17,18). The highest BCUT2D eigenvalue weighted by atomic mass is 16.5. The molecular formula is C14H29N3O2. The number of morpholine rings is 1. The normalized spacial score (nSPS) is 23.7. The Morgan fingerprint density at radius 2 is 2.11 bits per heavy atom. The molecule has 112 valence electrons. The largest absolute Gasteiger partial charge is 0.379 e. The van der Waals surface area contributed by atoms with Gasteiger partial charge in [-0.3, -0.25) is 4.79 Å². The Bertz CT molecular complexity index is 283. The highest BCUT2D eigenvalue weighted by molar-refractivity contribution is 5.81. The molecule has 5 nitrogen and oxygen atoms in total. The minimum atomic E-state index is -0.185. The number of ether oxygens (including phenoxy) is 1. The van der Waals surface area contributed by atoms with Gasteiger partial charge in [-0.25, -0.2) is 0 Å². The Morgan fingerprint density at radius 3 is 2.63 bits per heavy atom. The zero-order valence-electron chi connectivity index (χ0n) is 12.9. The van der Waals surface area contributed by atoms with Crippen LogP contribution in [0.15, 0.2) is 0 Å². The van der Waals surface area contributed by atoms with E-state index in [0.29, 0.717) is 6.04 Å². The molecular weight excluding hydrogens is 242 g/mol. The fraction of sp³-hybridized carbons (Fsp3) is 0.929. The first-order valence-electron chi connectivity index (χ1n) is 7.17. The molecule has 0 aromatic carbocycles. The fourth-order valence-corrected chi connectivity index (χ4v) is 2.25. The maximum Gasteiger partial charge on any atom is 0.237 e. The molecule has 0 aromatic rings. The van der Waals surface area contributed by atoms with Gasteiger partial charge in [0.2, 0.25) is 5.91 Å². The van der Waals surface area contributed by atoms with Crippen LogP contribution in [0.3, 0.4) is 0 Å². The molecule has 0 bridgehead atoms. The van der Waals surface area contributed by atoms with E-state index in [1.54, 1.807) is 0 Å². The summed E-state index contributed by atoms with van der Waals surface area (Å²) in [6.45, 7) is 12.5. The lowest BCUT2D eigenvalue weighted by molar-refractivity contribution is -0.124. The summed E-state index contributed by atoms with van der Waals surface area (Å²) in [5.41, 5.74) is -0.185. The second-order valence-corrected chi connectivity index (χ2v) is 6.49. The van der Waals surface area contributed by atoms with Crippen LogP contribution in [0.1, 0.15) is 41.0 Å². The smallest absolute Gasteiger partial charge is 0.237 e. The quantitative estimate of drug-likeness (QED) is 0.687. The number of rotatable bonds is 5. The fourth-order valence-electron chi connectivity index (χ4n) is 2.25. The number of carbonyl (C=O) groups is 1. The first-order valence-corrected chi connectivity index (χ1v) is 7.17. The summed E-state index contributed by atoms with van der Waals surface area (Å²) in [5, 5.41) is 9.75. The minimum absolute atomic E-state index is 0.0483. The summed E-state index contributed by atoms with van der Waals surface area (Å²) in [5.74, 6) is 0.0483. The summed E-state index contributed by atoms with van der Waals surface area (Å²) < 4.78 is 5.43. The molecule has 1 aliphatic rings. The number of hydrogen-bond acceptors (Lipinski definition) is 4. The van der Waals surface area contributed by atoms with Gasteiger partial charge < -0.3 is 20.7 Å². The van der Waals surface area contributed by atoms with Gasteiger partial charge in [0, 0.05) is 24.2 Å². The van der Waals surface area contributed by atoms with Crippen LogP contribution in [0.5, 0.6) is 0 Å². The molecule has 1 aliphatic heterocycles. The average molecular weight is 271 g/mol. The van der Waals surface area contributed by atoms with Crippen molar-refractivity contribution in [3.63, 3.8) is 0 Å². The van der Waals surface area contributed by atoms with E-state index in [1.807, 2.05) is 27.7 Å². The van der Waals surface area contributed by atoms with Crippen LogP contribution in [-0.2, 0) is 9.53 Å². The van der Waals surface area contributed by atoms with Gasteiger partial charge in [0.15, 0.2) is 0 Å². The van der Waals surface area contributed by atoms with Crippen molar-refractivity contribution in [1.29, 1.82) is 0 Å². The third-order valence-corrected chi connectivity index (χ3v) is 3.06. The van der Waals surface area contributed by atoms with Crippen molar-refractivity contribution in [3.8, 4) is 0 Å². The summed E-state index contributed by atoms with van der Waals surface area (Å²) in [7, 11) is 0. The van der Waals surface area contributed by atoms with Crippen molar-refractivity contribution < 1.29 is 9.53 Å². The van der Waals surface area contributed by atoms with Crippen LogP contribution in [-0.4, -0.2) is 49.3 Å².